The third-order valence-corrected chi connectivity index (χ3v) is 3.25. The van der Waals surface area contributed by atoms with E-state index in [4.69, 9.17) is 4.74 Å². The van der Waals surface area contributed by atoms with Gasteiger partial charge in [0.1, 0.15) is 6.10 Å². The van der Waals surface area contributed by atoms with E-state index in [-0.39, 0.29) is 18.0 Å². The predicted octanol–water partition coefficient (Wildman–Crippen LogP) is 0.706. The molecule has 0 radical (unpaired) electrons. The van der Waals surface area contributed by atoms with Gasteiger partial charge in [-0.2, -0.15) is 0 Å². The smallest absolute Gasteiger partial charge is 0.311 e. The Hall–Kier alpha value is -0.610. The van der Waals surface area contributed by atoms with Gasteiger partial charge in [-0.1, -0.05) is 13.8 Å². The van der Waals surface area contributed by atoms with E-state index in [0.717, 1.165) is 0 Å². The number of carbonyl (C=O) groups is 1. The SMILES string of the molecule is CC[C@@H](O)C[C@@H]1OC(=O)[C@H](C)[C@@H](O)[C@H]1C. The van der Waals surface area contributed by atoms with Gasteiger partial charge in [0.25, 0.3) is 0 Å². The molecular weight excluding hydrogens is 196 g/mol. The van der Waals surface area contributed by atoms with E-state index in [1.165, 1.54) is 0 Å². The molecule has 4 heteroatoms. The highest BCUT2D eigenvalue weighted by molar-refractivity contribution is 5.73. The Morgan fingerprint density at radius 1 is 1.47 bits per heavy atom. The Labute approximate surface area is 90.2 Å². The van der Waals surface area contributed by atoms with Crippen LogP contribution in [0.5, 0.6) is 0 Å². The standard InChI is InChI=1S/C11H20O4/c1-4-8(12)5-9-6(2)10(13)7(3)11(14)15-9/h6-10,12-13H,4-5H2,1-3H3/t6-,7+,8+,9-,10-/m0/s1. The van der Waals surface area contributed by atoms with Crippen LogP contribution in [0.15, 0.2) is 0 Å². The van der Waals surface area contributed by atoms with Gasteiger partial charge in [-0.15, -0.1) is 0 Å². The minimum absolute atomic E-state index is 0.112. The van der Waals surface area contributed by atoms with E-state index in [1.807, 2.05) is 13.8 Å². The topological polar surface area (TPSA) is 66.8 Å². The van der Waals surface area contributed by atoms with E-state index in [2.05, 4.69) is 0 Å². The van der Waals surface area contributed by atoms with Crippen molar-refractivity contribution < 1.29 is 19.7 Å². The maximum absolute atomic E-state index is 11.4. The molecule has 5 atom stereocenters. The van der Waals surface area contributed by atoms with Gasteiger partial charge >= 0.3 is 5.97 Å². The summed E-state index contributed by atoms with van der Waals surface area (Å²) < 4.78 is 5.19. The molecule has 0 aromatic carbocycles. The van der Waals surface area contributed by atoms with Gasteiger partial charge in [-0.05, 0) is 13.3 Å². The van der Waals surface area contributed by atoms with Crippen LogP contribution in [-0.4, -0.2) is 34.5 Å². The summed E-state index contributed by atoms with van der Waals surface area (Å²) in [7, 11) is 0. The molecule has 15 heavy (non-hydrogen) atoms. The lowest BCUT2D eigenvalue weighted by molar-refractivity contribution is -0.179. The summed E-state index contributed by atoms with van der Waals surface area (Å²) in [5.74, 6) is -0.942. The second-order valence-corrected chi connectivity index (χ2v) is 4.41. The molecule has 88 valence electrons. The molecule has 0 aromatic heterocycles. The molecule has 0 aliphatic carbocycles. The molecule has 0 unspecified atom stereocenters. The zero-order chi connectivity index (χ0) is 11.6. The second kappa shape index (κ2) is 4.94. The Balaban J connectivity index is 2.62. The Morgan fingerprint density at radius 2 is 2.07 bits per heavy atom. The van der Waals surface area contributed by atoms with Crippen LogP contribution in [0, 0.1) is 11.8 Å². The predicted molar refractivity (Wildman–Crippen MR) is 55.1 cm³/mol. The van der Waals surface area contributed by atoms with Gasteiger partial charge < -0.3 is 14.9 Å². The summed E-state index contributed by atoms with van der Waals surface area (Å²) in [6.07, 6.45) is -0.454. The Kier molecular flexibility index (Phi) is 4.11. The zero-order valence-electron chi connectivity index (χ0n) is 9.51. The molecule has 1 aliphatic heterocycles. The van der Waals surface area contributed by atoms with Gasteiger partial charge in [0.05, 0.1) is 18.1 Å². The summed E-state index contributed by atoms with van der Waals surface area (Å²) in [5, 5.41) is 19.3. The maximum Gasteiger partial charge on any atom is 0.311 e. The fraction of sp³-hybridized carbons (Fsp3) is 0.909. The first-order chi connectivity index (χ1) is 6.97. The van der Waals surface area contributed by atoms with Crippen LogP contribution >= 0.6 is 0 Å². The van der Waals surface area contributed by atoms with Crippen LogP contribution in [0.25, 0.3) is 0 Å². The minimum atomic E-state index is -0.666. The highest BCUT2D eigenvalue weighted by atomic mass is 16.5. The molecule has 2 N–H and O–H groups in total. The van der Waals surface area contributed by atoms with Crippen molar-refractivity contribution in [3.63, 3.8) is 0 Å². The van der Waals surface area contributed by atoms with E-state index in [0.29, 0.717) is 12.8 Å². The highest BCUT2D eigenvalue weighted by Gasteiger charge is 2.40. The average Bonchev–Trinajstić information content (AvgIpc) is 2.22. The van der Waals surface area contributed by atoms with Crippen LogP contribution in [0.1, 0.15) is 33.6 Å². The molecule has 0 saturated carbocycles. The molecule has 1 saturated heterocycles. The zero-order valence-corrected chi connectivity index (χ0v) is 9.51. The lowest BCUT2D eigenvalue weighted by Gasteiger charge is -2.37. The second-order valence-electron chi connectivity index (χ2n) is 4.41. The first-order valence-electron chi connectivity index (χ1n) is 5.54. The third-order valence-electron chi connectivity index (χ3n) is 3.25. The van der Waals surface area contributed by atoms with Gasteiger partial charge in [0.15, 0.2) is 0 Å². The van der Waals surface area contributed by atoms with Crippen molar-refractivity contribution in [2.24, 2.45) is 11.8 Å². The molecule has 0 bridgehead atoms. The number of hydrogen-bond donors (Lipinski definition) is 2. The number of hydrogen-bond acceptors (Lipinski definition) is 4. The number of esters is 1. The fourth-order valence-corrected chi connectivity index (χ4v) is 1.88. The minimum Gasteiger partial charge on any atom is -0.462 e. The Morgan fingerprint density at radius 3 is 2.60 bits per heavy atom. The van der Waals surface area contributed by atoms with Crippen molar-refractivity contribution in [2.75, 3.05) is 0 Å². The van der Waals surface area contributed by atoms with Crippen molar-refractivity contribution in [1.29, 1.82) is 0 Å². The number of aliphatic hydroxyl groups is 2. The molecule has 0 aromatic rings. The number of aliphatic hydroxyl groups excluding tert-OH is 2. The van der Waals surface area contributed by atoms with Crippen molar-refractivity contribution in [3.8, 4) is 0 Å². The van der Waals surface area contributed by atoms with Crippen molar-refractivity contribution in [1.82, 2.24) is 0 Å². The number of carbonyl (C=O) groups excluding carboxylic acids is 1. The molecule has 1 heterocycles. The van der Waals surface area contributed by atoms with Crippen molar-refractivity contribution >= 4 is 5.97 Å². The summed E-state index contributed by atoms with van der Waals surface area (Å²) in [6, 6.07) is 0. The normalized spacial score (nSPS) is 38.6. The monoisotopic (exact) mass is 216 g/mol. The molecule has 4 nitrogen and oxygen atoms in total. The number of rotatable bonds is 3. The summed E-state index contributed by atoms with van der Waals surface area (Å²) in [5.41, 5.74) is 0. The quantitative estimate of drug-likeness (QED) is 0.682. The Bertz CT molecular complexity index is 229. The first kappa shape index (κ1) is 12.5. The summed E-state index contributed by atoms with van der Waals surface area (Å²) >= 11 is 0. The van der Waals surface area contributed by atoms with E-state index >= 15 is 0 Å². The first-order valence-corrected chi connectivity index (χ1v) is 5.54. The highest BCUT2D eigenvalue weighted by Crippen LogP contribution is 2.29. The molecule has 0 spiro atoms. The average molecular weight is 216 g/mol. The number of cyclic esters (lactones) is 1. The fourth-order valence-electron chi connectivity index (χ4n) is 1.88. The van der Waals surface area contributed by atoms with Gasteiger partial charge in [-0.25, -0.2) is 0 Å². The molecule has 1 fully saturated rings. The summed E-state index contributed by atoms with van der Waals surface area (Å²) in [6.45, 7) is 5.38. The van der Waals surface area contributed by atoms with Crippen LogP contribution in [0.2, 0.25) is 0 Å². The molecule has 1 rings (SSSR count). The van der Waals surface area contributed by atoms with Crippen LogP contribution in [-0.2, 0) is 9.53 Å². The maximum atomic E-state index is 11.4. The van der Waals surface area contributed by atoms with E-state index in [1.54, 1.807) is 6.92 Å². The van der Waals surface area contributed by atoms with E-state index < -0.39 is 18.1 Å². The van der Waals surface area contributed by atoms with Crippen molar-refractivity contribution in [3.05, 3.63) is 0 Å². The molecule has 1 aliphatic rings. The largest absolute Gasteiger partial charge is 0.462 e. The lowest BCUT2D eigenvalue weighted by atomic mass is 9.84. The lowest BCUT2D eigenvalue weighted by Crippen LogP contribution is -2.47. The molecular formula is C11H20O4. The molecule has 0 amide bonds. The van der Waals surface area contributed by atoms with Crippen LogP contribution < -0.4 is 0 Å². The summed E-state index contributed by atoms with van der Waals surface area (Å²) in [4.78, 5) is 11.4. The number of ether oxygens (including phenoxy) is 1. The van der Waals surface area contributed by atoms with Gasteiger partial charge in [-0.3, -0.25) is 4.79 Å². The van der Waals surface area contributed by atoms with E-state index in [9.17, 15) is 15.0 Å². The van der Waals surface area contributed by atoms with Gasteiger partial charge in [0, 0.05) is 12.3 Å². The van der Waals surface area contributed by atoms with Crippen LogP contribution in [0.4, 0.5) is 0 Å². The van der Waals surface area contributed by atoms with Gasteiger partial charge in [0.2, 0.25) is 0 Å². The van der Waals surface area contributed by atoms with Crippen LogP contribution in [0.3, 0.4) is 0 Å². The third kappa shape index (κ3) is 2.69. The van der Waals surface area contributed by atoms with Crippen molar-refractivity contribution in [2.45, 2.75) is 51.9 Å².